The van der Waals surface area contributed by atoms with Crippen LogP contribution in [-0.4, -0.2) is 31.4 Å². The standard InChI is InChI=1S/C12H17BrN2O2S/c1-8(12(16)15-5-6-17-2)18-11-4-3-9(13)7-10(11)14/h3-4,7-8H,5-6,14H2,1-2H3,(H,15,16). The van der Waals surface area contributed by atoms with Crippen LogP contribution >= 0.6 is 27.7 Å². The van der Waals surface area contributed by atoms with Crippen LogP contribution < -0.4 is 11.1 Å². The maximum absolute atomic E-state index is 11.8. The molecule has 1 atom stereocenters. The van der Waals surface area contributed by atoms with Gasteiger partial charge in [0.2, 0.25) is 5.91 Å². The summed E-state index contributed by atoms with van der Waals surface area (Å²) >= 11 is 4.80. The number of methoxy groups -OCH3 is 1. The summed E-state index contributed by atoms with van der Waals surface area (Å²) in [6.45, 7) is 2.90. The molecule has 0 fully saturated rings. The van der Waals surface area contributed by atoms with Crippen molar-refractivity contribution < 1.29 is 9.53 Å². The van der Waals surface area contributed by atoms with Crippen molar-refractivity contribution >= 4 is 39.3 Å². The van der Waals surface area contributed by atoms with E-state index in [4.69, 9.17) is 10.5 Å². The molecular weight excluding hydrogens is 316 g/mol. The van der Waals surface area contributed by atoms with E-state index in [0.717, 1.165) is 9.37 Å². The van der Waals surface area contributed by atoms with Gasteiger partial charge in [-0.2, -0.15) is 0 Å². The first-order chi connectivity index (χ1) is 8.54. The number of carbonyl (C=O) groups excluding carboxylic acids is 1. The number of carbonyl (C=O) groups is 1. The van der Waals surface area contributed by atoms with Crippen LogP contribution in [0.5, 0.6) is 0 Å². The van der Waals surface area contributed by atoms with Gasteiger partial charge in [-0.05, 0) is 25.1 Å². The van der Waals surface area contributed by atoms with Crippen LogP contribution in [0.1, 0.15) is 6.92 Å². The molecule has 1 aromatic carbocycles. The molecule has 0 aliphatic carbocycles. The second-order valence-corrected chi connectivity index (χ2v) is 6.02. The number of rotatable bonds is 6. The molecule has 0 radical (unpaired) electrons. The average Bonchev–Trinajstić information content (AvgIpc) is 2.32. The molecule has 0 aliphatic rings. The first-order valence-electron chi connectivity index (χ1n) is 5.53. The maximum Gasteiger partial charge on any atom is 0.233 e. The lowest BCUT2D eigenvalue weighted by molar-refractivity contribution is -0.120. The predicted octanol–water partition coefficient (Wildman–Crippen LogP) is 2.27. The van der Waals surface area contributed by atoms with Crippen molar-refractivity contribution in [3.8, 4) is 0 Å². The summed E-state index contributed by atoms with van der Waals surface area (Å²) in [6, 6.07) is 5.65. The molecule has 1 amide bonds. The average molecular weight is 333 g/mol. The van der Waals surface area contributed by atoms with E-state index < -0.39 is 0 Å². The Morgan fingerprint density at radius 3 is 2.94 bits per heavy atom. The van der Waals surface area contributed by atoms with Crippen LogP contribution in [0, 0.1) is 0 Å². The van der Waals surface area contributed by atoms with E-state index >= 15 is 0 Å². The molecule has 0 saturated heterocycles. The van der Waals surface area contributed by atoms with Gasteiger partial charge < -0.3 is 15.8 Å². The zero-order valence-electron chi connectivity index (χ0n) is 10.4. The molecule has 0 saturated carbocycles. The molecule has 1 rings (SSSR count). The van der Waals surface area contributed by atoms with E-state index in [9.17, 15) is 4.79 Å². The van der Waals surface area contributed by atoms with Gasteiger partial charge in [-0.1, -0.05) is 15.9 Å². The Morgan fingerprint density at radius 2 is 2.33 bits per heavy atom. The summed E-state index contributed by atoms with van der Waals surface area (Å²) in [5.41, 5.74) is 6.56. The Hall–Kier alpha value is -0.720. The van der Waals surface area contributed by atoms with Crippen LogP contribution in [0.2, 0.25) is 0 Å². The van der Waals surface area contributed by atoms with Crippen molar-refractivity contribution in [1.29, 1.82) is 0 Å². The fourth-order valence-corrected chi connectivity index (χ4v) is 2.58. The molecule has 1 unspecified atom stereocenters. The van der Waals surface area contributed by atoms with E-state index in [1.807, 2.05) is 25.1 Å². The number of benzene rings is 1. The van der Waals surface area contributed by atoms with Crippen molar-refractivity contribution in [2.24, 2.45) is 0 Å². The topological polar surface area (TPSA) is 64.3 Å². The molecule has 0 spiro atoms. The first-order valence-corrected chi connectivity index (χ1v) is 7.20. The fraction of sp³-hybridized carbons (Fsp3) is 0.417. The molecule has 6 heteroatoms. The monoisotopic (exact) mass is 332 g/mol. The first kappa shape index (κ1) is 15.3. The van der Waals surface area contributed by atoms with Gasteiger partial charge in [-0.25, -0.2) is 0 Å². The Kier molecular flexibility index (Phi) is 6.52. The zero-order chi connectivity index (χ0) is 13.5. The van der Waals surface area contributed by atoms with E-state index in [2.05, 4.69) is 21.2 Å². The summed E-state index contributed by atoms with van der Waals surface area (Å²) in [7, 11) is 1.60. The second kappa shape index (κ2) is 7.66. The lowest BCUT2D eigenvalue weighted by Crippen LogP contribution is -2.33. The Labute approximate surface area is 120 Å². The van der Waals surface area contributed by atoms with Crippen LogP contribution in [0.15, 0.2) is 27.6 Å². The minimum atomic E-state index is -0.190. The molecule has 0 heterocycles. The Morgan fingerprint density at radius 1 is 1.61 bits per heavy atom. The highest BCUT2D eigenvalue weighted by atomic mass is 79.9. The normalized spacial score (nSPS) is 12.2. The summed E-state index contributed by atoms with van der Waals surface area (Å²) in [6.07, 6.45) is 0. The number of hydrogen-bond acceptors (Lipinski definition) is 4. The molecule has 0 aliphatic heterocycles. The van der Waals surface area contributed by atoms with Gasteiger partial charge in [0, 0.05) is 28.7 Å². The van der Waals surface area contributed by atoms with Crippen molar-refractivity contribution in [1.82, 2.24) is 5.32 Å². The van der Waals surface area contributed by atoms with Crippen molar-refractivity contribution in [3.05, 3.63) is 22.7 Å². The highest BCUT2D eigenvalue weighted by molar-refractivity contribution is 9.10. The van der Waals surface area contributed by atoms with Crippen molar-refractivity contribution in [3.63, 3.8) is 0 Å². The van der Waals surface area contributed by atoms with Crippen LogP contribution in [0.3, 0.4) is 0 Å². The van der Waals surface area contributed by atoms with Gasteiger partial charge in [0.15, 0.2) is 0 Å². The lowest BCUT2D eigenvalue weighted by Gasteiger charge is -2.13. The van der Waals surface area contributed by atoms with E-state index in [1.54, 1.807) is 7.11 Å². The number of ether oxygens (including phenoxy) is 1. The summed E-state index contributed by atoms with van der Waals surface area (Å²) in [5, 5.41) is 2.61. The number of thioether (sulfide) groups is 1. The second-order valence-electron chi connectivity index (χ2n) is 3.73. The SMILES string of the molecule is COCCNC(=O)C(C)Sc1ccc(Br)cc1N. The molecule has 0 aromatic heterocycles. The van der Waals surface area contributed by atoms with Crippen molar-refractivity contribution in [2.75, 3.05) is 26.0 Å². The van der Waals surface area contributed by atoms with E-state index in [1.165, 1.54) is 11.8 Å². The van der Waals surface area contributed by atoms with Gasteiger partial charge in [0.25, 0.3) is 0 Å². The quantitative estimate of drug-likeness (QED) is 0.476. The summed E-state index contributed by atoms with van der Waals surface area (Å²) in [4.78, 5) is 12.7. The number of halogens is 1. The molecule has 18 heavy (non-hydrogen) atoms. The third-order valence-corrected chi connectivity index (χ3v) is 3.94. The van der Waals surface area contributed by atoms with Crippen LogP contribution in [0.25, 0.3) is 0 Å². The predicted molar refractivity (Wildman–Crippen MR) is 78.8 cm³/mol. The molecular formula is C12H17BrN2O2S. The minimum absolute atomic E-state index is 0.0145. The number of hydrogen-bond donors (Lipinski definition) is 2. The zero-order valence-corrected chi connectivity index (χ0v) is 12.8. The number of nitrogens with two attached hydrogens (primary N) is 1. The number of amides is 1. The minimum Gasteiger partial charge on any atom is -0.398 e. The highest BCUT2D eigenvalue weighted by Crippen LogP contribution is 2.30. The van der Waals surface area contributed by atoms with Gasteiger partial charge in [0.05, 0.1) is 11.9 Å². The van der Waals surface area contributed by atoms with Crippen LogP contribution in [-0.2, 0) is 9.53 Å². The van der Waals surface area contributed by atoms with E-state index in [-0.39, 0.29) is 11.2 Å². The van der Waals surface area contributed by atoms with Gasteiger partial charge in [0.1, 0.15) is 0 Å². The third kappa shape index (κ3) is 4.88. The molecule has 0 bridgehead atoms. The number of nitrogens with one attached hydrogen (secondary N) is 1. The number of anilines is 1. The molecule has 1 aromatic rings. The Bertz CT molecular complexity index is 415. The van der Waals surface area contributed by atoms with Gasteiger partial charge >= 0.3 is 0 Å². The number of nitrogen functional groups attached to an aromatic ring is 1. The highest BCUT2D eigenvalue weighted by Gasteiger charge is 2.15. The maximum atomic E-state index is 11.8. The van der Waals surface area contributed by atoms with Crippen LogP contribution in [0.4, 0.5) is 5.69 Å². The molecule has 4 nitrogen and oxygen atoms in total. The summed E-state index contributed by atoms with van der Waals surface area (Å²) in [5.74, 6) is -0.0145. The fourth-order valence-electron chi connectivity index (χ4n) is 1.29. The largest absolute Gasteiger partial charge is 0.398 e. The molecule has 3 N–H and O–H groups in total. The third-order valence-electron chi connectivity index (χ3n) is 2.25. The summed E-state index contributed by atoms with van der Waals surface area (Å²) < 4.78 is 5.81. The van der Waals surface area contributed by atoms with E-state index in [0.29, 0.717) is 18.8 Å². The lowest BCUT2D eigenvalue weighted by atomic mass is 10.3. The Balaban J connectivity index is 2.53. The van der Waals surface area contributed by atoms with Gasteiger partial charge in [-0.15, -0.1) is 11.8 Å². The van der Waals surface area contributed by atoms with Gasteiger partial charge in [-0.3, -0.25) is 4.79 Å². The smallest absolute Gasteiger partial charge is 0.233 e. The molecule has 100 valence electrons. The van der Waals surface area contributed by atoms with Crippen molar-refractivity contribution in [2.45, 2.75) is 17.1 Å².